The first-order valence-corrected chi connectivity index (χ1v) is 7.52. The number of aromatic nitrogens is 2. The maximum atomic E-state index is 12.5. The number of nitrogens with one attached hydrogen (secondary N) is 1. The van der Waals surface area contributed by atoms with Crippen molar-refractivity contribution in [2.45, 2.75) is 32.2 Å². The van der Waals surface area contributed by atoms with Gasteiger partial charge in [0.15, 0.2) is 0 Å². The van der Waals surface area contributed by atoms with Gasteiger partial charge in [0.25, 0.3) is 5.91 Å². The number of carboxylic acids is 1. The summed E-state index contributed by atoms with van der Waals surface area (Å²) < 4.78 is 0. The van der Waals surface area contributed by atoms with E-state index >= 15 is 0 Å². The van der Waals surface area contributed by atoms with Crippen LogP contribution in [-0.2, 0) is 4.79 Å². The van der Waals surface area contributed by atoms with Gasteiger partial charge < -0.3 is 10.4 Å². The molecule has 120 valence electrons. The second kappa shape index (κ2) is 8.03. The SMILES string of the molecule is CCCC[C@H](NC(=O)c1cncnc1-c1ccccc1)C(=O)O. The van der Waals surface area contributed by atoms with Gasteiger partial charge in [0.05, 0.1) is 11.3 Å². The van der Waals surface area contributed by atoms with Gasteiger partial charge in [0.1, 0.15) is 12.4 Å². The van der Waals surface area contributed by atoms with Crippen molar-refractivity contribution < 1.29 is 14.7 Å². The van der Waals surface area contributed by atoms with Crippen molar-refractivity contribution in [2.75, 3.05) is 0 Å². The van der Waals surface area contributed by atoms with E-state index in [1.54, 1.807) is 0 Å². The molecule has 0 aliphatic heterocycles. The van der Waals surface area contributed by atoms with Crippen LogP contribution in [0.25, 0.3) is 11.3 Å². The molecule has 6 nitrogen and oxygen atoms in total. The van der Waals surface area contributed by atoms with E-state index in [0.29, 0.717) is 12.1 Å². The molecule has 0 bridgehead atoms. The Labute approximate surface area is 134 Å². The molecule has 0 spiro atoms. The Balaban J connectivity index is 2.24. The van der Waals surface area contributed by atoms with Crippen LogP contribution < -0.4 is 5.32 Å². The molecule has 0 unspecified atom stereocenters. The van der Waals surface area contributed by atoms with Crippen LogP contribution in [0.5, 0.6) is 0 Å². The van der Waals surface area contributed by atoms with E-state index in [1.807, 2.05) is 37.3 Å². The highest BCUT2D eigenvalue weighted by Crippen LogP contribution is 2.20. The number of carbonyl (C=O) groups is 2. The van der Waals surface area contributed by atoms with Crippen LogP contribution in [0.4, 0.5) is 0 Å². The standard InChI is InChI=1S/C17H19N3O3/c1-2-3-9-14(17(22)23)20-16(21)13-10-18-11-19-15(13)12-7-5-4-6-8-12/h4-8,10-11,14H,2-3,9H2,1H3,(H,20,21)(H,22,23)/t14-/m0/s1. The fraction of sp³-hybridized carbons (Fsp3) is 0.294. The molecule has 6 heteroatoms. The van der Waals surface area contributed by atoms with Crippen LogP contribution in [0.1, 0.15) is 36.5 Å². The molecule has 1 aromatic heterocycles. The average molecular weight is 313 g/mol. The number of carbonyl (C=O) groups excluding carboxylic acids is 1. The van der Waals surface area contributed by atoms with E-state index < -0.39 is 17.9 Å². The smallest absolute Gasteiger partial charge is 0.326 e. The van der Waals surface area contributed by atoms with Gasteiger partial charge >= 0.3 is 5.97 Å². The third-order valence-corrected chi connectivity index (χ3v) is 3.45. The van der Waals surface area contributed by atoms with Crippen LogP contribution >= 0.6 is 0 Å². The molecule has 0 aliphatic rings. The number of benzene rings is 1. The second-order valence-corrected chi connectivity index (χ2v) is 5.16. The minimum Gasteiger partial charge on any atom is -0.480 e. The van der Waals surface area contributed by atoms with Crippen molar-refractivity contribution in [1.82, 2.24) is 15.3 Å². The summed E-state index contributed by atoms with van der Waals surface area (Å²) in [4.78, 5) is 31.8. The Hall–Kier alpha value is -2.76. The molecule has 2 N–H and O–H groups in total. The molecule has 0 radical (unpaired) electrons. The van der Waals surface area contributed by atoms with Crippen molar-refractivity contribution in [3.05, 3.63) is 48.4 Å². The first-order valence-electron chi connectivity index (χ1n) is 7.52. The van der Waals surface area contributed by atoms with Crippen LogP contribution in [0.3, 0.4) is 0 Å². The van der Waals surface area contributed by atoms with Crippen molar-refractivity contribution >= 4 is 11.9 Å². The summed E-state index contributed by atoms with van der Waals surface area (Å²) in [7, 11) is 0. The second-order valence-electron chi connectivity index (χ2n) is 5.16. The predicted molar refractivity (Wildman–Crippen MR) is 85.9 cm³/mol. The van der Waals surface area contributed by atoms with Crippen LogP contribution in [0, 0.1) is 0 Å². The van der Waals surface area contributed by atoms with Crippen molar-refractivity contribution in [2.24, 2.45) is 0 Å². The highest BCUT2D eigenvalue weighted by Gasteiger charge is 2.22. The summed E-state index contributed by atoms with van der Waals surface area (Å²) in [6.45, 7) is 1.97. The molecular weight excluding hydrogens is 294 g/mol. The number of unbranched alkanes of at least 4 members (excludes halogenated alkanes) is 1. The molecule has 1 heterocycles. The van der Waals surface area contributed by atoms with Crippen molar-refractivity contribution in [3.8, 4) is 11.3 Å². The lowest BCUT2D eigenvalue weighted by atomic mass is 10.1. The first-order chi connectivity index (χ1) is 11.1. The van der Waals surface area contributed by atoms with E-state index in [1.165, 1.54) is 12.5 Å². The summed E-state index contributed by atoms with van der Waals surface area (Å²) in [5, 5.41) is 11.8. The monoisotopic (exact) mass is 313 g/mol. The van der Waals surface area contributed by atoms with Crippen molar-refractivity contribution in [1.29, 1.82) is 0 Å². The third kappa shape index (κ3) is 4.35. The number of hydrogen-bond acceptors (Lipinski definition) is 4. The quantitative estimate of drug-likeness (QED) is 0.819. The van der Waals surface area contributed by atoms with Gasteiger partial charge in [0, 0.05) is 11.8 Å². The number of amides is 1. The van der Waals surface area contributed by atoms with Crippen LogP contribution in [0.15, 0.2) is 42.9 Å². The predicted octanol–water partition coefficient (Wildman–Crippen LogP) is 2.52. The molecule has 0 saturated heterocycles. The number of aliphatic carboxylic acids is 1. The summed E-state index contributed by atoms with van der Waals surface area (Å²) in [6.07, 6.45) is 4.76. The summed E-state index contributed by atoms with van der Waals surface area (Å²) in [6, 6.07) is 8.33. The van der Waals surface area contributed by atoms with E-state index in [-0.39, 0.29) is 5.56 Å². The van der Waals surface area contributed by atoms with Gasteiger partial charge in [-0.05, 0) is 6.42 Å². The molecule has 1 amide bonds. The lowest BCUT2D eigenvalue weighted by molar-refractivity contribution is -0.139. The van der Waals surface area contributed by atoms with Crippen molar-refractivity contribution in [3.63, 3.8) is 0 Å². The molecular formula is C17H19N3O3. The molecule has 1 aromatic carbocycles. The third-order valence-electron chi connectivity index (χ3n) is 3.45. The summed E-state index contributed by atoms with van der Waals surface area (Å²) in [5.41, 5.74) is 1.53. The molecule has 23 heavy (non-hydrogen) atoms. The number of rotatable bonds is 7. The maximum absolute atomic E-state index is 12.5. The normalized spacial score (nSPS) is 11.7. The Kier molecular flexibility index (Phi) is 5.80. The Morgan fingerprint density at radius 1 is 1.26 bits per heavy atom. The van der Waals surface area contributed by atoms with E-state index in [2.05, 4.69) is 15.3 Å². The largest absolute Gasteiger partial charge is 0.480 e. The Morgan fingerprint density at radius 3 is 2.65 bits per heavy atom. The van der Waals surface area contributed by atoms with Crippen LogP contribution in [0.2, 0.25) is 0 Å². The number of carboxylic acid groups (broad SMARTS) is 1. The average Bonchev–Trinajstić information content (AvgIpc) is 2.59. The maximum Gasteiger partial charge on any atom is 0.326 e. The zero-order chi connectivity index (χ0) is 16.7. The fourth-order valence-electron chi connectivity index (χ4n) is 2.22. The van der Waals surface area contributed by atoms with Crippen LogP contribution in [-0.4, -0.2) is 33.0 Å². The summed E-state index contributed by atoms with van der Waals surface area (Å²) >= 11 is 0. The molecule has 0 fully saturated rings. The molecule has 0 saturated carbocycles. The Bertz CT molecular complexity index is 674. The number of nitrogens with zero attached hydrogens (tertiary/aromatic N) is 2. The Morgan fingerprint density at radius 2 is 2.00 bits per heavy atom. The molecule has 1 atom stereocenters. The fourth-order valence-corrected chi connectivity index (χ4v) is 2.22. The zero-order valence-corrected chi connectivity index (χ0v) is 12.9. The van der Waals surface area contributed by atoms with Gasteiger partial charge in [-0.2, -0.15) is 0 Å². The van der Waals surface area contributed by atoms with Gasteiger partial charge in [-0.1, -0.05) is 50.1 Å². The lowest BCUT2D eigenvalue weighted by Crippen LogP contribution is -2.41. The molecule has 2 rings (SSSR count). The molecule has 2 aromatic rings. The minimum absolute atomic E-state index is 0.265. The first kappa shape index (κ1) is 16.6. The number of hydrogen-bond donors (Lipinski definition) is 2. The van der Waals surface area contributed by atoms with E-state index in [9.17, 15) is 14.7 Å². The van der Waals surface area contributed by atoms with Gasteiger partial charge in [-0.15, -0.1) is 0 Å². The minimum atomic E-state index is -1.04. The van der Waals surface area contributed by atoms with Gasteiger partial charge in [-0.3, -0.25) is 4.79 Å². The van der Waals surface area contributed by atoms with E-state index in [0.717, 1.165) is 18.4 Å². The van der Waals surface area contributed by atoms with E-state index in [4.69, 9.17) is 0 Å². The molecule has 0 aliphatic carbocycles. The highest BCUT2D eigenvalue weighted by molar-refractivity contribution is 6.01. The highest BCUT2D eigenvalue weighted by atomic mass is 16.4. The zero-order valence-electron chi connectivity index (χ0n) is 12.9. The topological polar surface area (TPSA) is 92.2 Å². The van der Waals surface area contributed by atoms with Gasteiger partial charge in [-0.25, -0.2) is 14.8 Å². The van der Waals surface area contributed by atoms with Gasteiger partial charge in [0.2, 0.25) is 0 Å². The lowest BCUT2D eigenvalue weighted by Gasteiger charge is -2.15. The summed E-state index contributed by atoms with van der Waals surface area (Å²) in [5.74, 6) is -1.52.